The molecule has 1 N–H and O–H groups in total. The maximum atomic E-state index is 13.2. The van der Waals surface area contributed by atoms with Crippen molar-refractivity contribution < 1.29 is 30.9 Å². The summed E-state index contributed by atoms with van der Waals surface area (Å²) < 4.78 is 67.6. The fourth-order valence-corrected chi connectivity index (χ4v) is 10.2. The molecule has 46 heavy (non-hydrogen) atoms. The lowest BCUT2D eigenvalue weighted by Crippen LogP contribution is -2.51. The van der Waals surface area contributed by atoms with Crippen molar-refractivity contribution in [3.05, 3.63) is 89.0 Å². The number of benzene rings is 3. The van der Waals surface area contributed by atoms with Crippen LogP contribution in [-0.2, 0) is 31.3 Å². The van der Waals surface area contributed by atoms with E-state index in [1.807, 2.05) is 26.0 Å². The maximum absolute atomic E-state index is 13.2. The topological polar surface area (TPSA) is 119 Å². The van der Waals surface area contributed by atoms with Gasteiger partial charge in [0.2, 0.25) is 5.90 Å². The number of nitrogens with zero attached hydrogens (tertiary/aromatic N) is 1. The summed E-state index contributed by atoms with van der Waals surface area (Å²) in [5.41, 5.74) is 2.69. The summed E-state index contributed by atoms with van der Waals surface area (Å²) in [6.07, 6.45) is 4.80. The minimum Gasteiger partial charge on any atom is -0.480 e. The molecule has 0 aliphatic heterocycles. The molecule has 2 fully saturated rings. The first-order valence-electron chi connectivity index (χ1n) is 16.1. The number of fused-ring (bicyclic) bond motifs is 5. The highest BCUT2D eigenvalue weighted by Gasteiger charge is 2.62. The SMILES string of the molecule is CCOC(C[C@]1(O)CC[C@H]2[C@@H]3CCc4cc(OS(=O)(=O)c5ccc(C)cc5)ccc4[C@H]3CC[C@@]21C)=NS(=O)(=O)c1ccc(C)cc1. The lowest BCUT2D eigenvalue weighted by molar-refractivity contribution is -0.0997. The summed E-state index contributed by atoms with van der Waals surface area (Å²) in [5.74, 6) is 1.27. The van der Waals surface area contributed by atoms with E-state index >= 15 is 0 Å². The zero-order chi connectivity index (χ0) is 32.9. The average molecular weight is 666 g/mol. The Morgan fingerprint density at radius 3 is 2.20 bits per heavy atom. The van der Waals surface area contributed by atoms with Gasteiger partial charge in [0.25, 0.3) is 10.0 Å². The first-order chi connectivity index (χ1) is 21.7. The Balaban J connectivity index is 1.21. The Morgan fingerprint density at radius 1 is 0.891 bits per heavy atom. The van der Waals surface area contributed by atoms with Crippen LogP contribution in [0.4, 0.5) is 0 Å². The lowest BCUT2D eigenvalue weighted by Gasteiger charge is -2.53. The number of hydrogen-bond acceptors (Lipinski definition) is 7. The zero-order valence-corrected chi connectivity index (χ0v) is 28.5. The molecule has 6 rings (SSSR count). The molecule has 246 valence electrons. The Hall–Kier alpha value is -3.21. The molecule has 3 aromatic rings. The van der Waals surface area contributed by atoms with Crippen molar-refractivity contribution in [2.75, 3.05) is 6.61 Å². The standard InChI is InChI=1S/C36H43NO7S2/c1-5-43-34(37-45(39,40)28-12-6-24(2)7-13-28)23-36(38)21-19-33-32-16-10-26-22-27(11-17-30(26)31(32)18-20-35(33,36)4)44-46(41,42)29-14-8-25(3)9-15-29/h6-9,11-15,17,22,31-33,38H,5,10,16,18-21,23H2,1-4H3/t31-,32-,33+,35+,36-/m1/s1. The molecule has 0 heterocycles. The molecule has 0 unspecified atom stereocenters. The van der Waals surface area contributed by atoms with Crippen LogP contribution in [-0.4, -0.2) is 40.0 Å². The van der Waals surface area contributed by atoms with Gasteiger partial charge in [-0.15, -0.1) is 4.40 Å². The van der Waals surface area contributed by atoms with Gasteiger partial charge < -0.3 is 14.0 Å². The highest BCUT2D eigenvalue weighted by atomic mass is 32.2. The van der Waals surface area contributed by atoms with Crippen LogP contribution in [0.5, 0.6) is 5.75 Å². The largest absolute Gasteiger partial charge is 0.480 e. The summed E-state index contributed by atoms with van der Waals surface area (Å²) in [4.78, 5) is 0.224. The maximum Gasteiger partial charge on any atom is 0.339 e. The number of hydrogen-bond donors (Lipinski definition) is 1. The Bertz CT molecular complexity index is 1850. The Labute approximate surface area is 273 Å². The van der Waals surface area contributed by atoms with Gasteiger partial charge in [-0.1, -0.05) is 48.4 Å². The molecule has 0 aromatic heterocycles. The molecule has 5 atom stereocenters. The molecule has 3 aromatic carbocycles. The van der Waals surface area contributed by atoms with Gasteiger partial charge in [0, 0.05) is 0 Å². The molecule has 2 saturated carbocycles. The molecule has 0 radical (unpaired) electrons. The predicted molar refractivity (Wildman–Crippen MR) is 177 cm³/mol. The summed E-state index contributed by atoms with van der Waals surface area (Å²) in [6, 6.07) is 18.8. The Morgan fingerprint density at radius 2 is 1.54 bits per heavy atom. The van der Waals surface area contributed by atoms with Crippen LogP contribution in [0.2, 0.25) is 0 Å². The summed E-state index contributed by atoms with van der Waals surface area (Å²) in [7, 11) is -7.94. The molecule has 8 nitrogen and oxygen atoms in total. The summed E-state index contributed by atoms with van der Waals surface area (Å²) in [6.45, 7) is 7.99. The van der Waals surface area contributed by atoms with E-state index in [1.165, 1.54) is 5.56 Å². The smallest absolute Gasteiger partial charge is 0.339 e. The van der Waals surface area contributed by atoms with Gasteiger partial charge in [0.1, 0.15) is 10.6 Å². The van der Waals surface area contributed by atoms with Crippen molar-refractivity contribution in [3.63, 3.8) is 0 Å². The third kappa shape index (κ3) is 6.00. The van der Waals surface area contributed by atoms with Gasteiger partial charge in [0.05, 0.1) is 23.5 Å². The highest BCUT2D eigenvalue weighted by molar-refractivity contribution is 7.90. The monoisotopic (exact) mass is 665 g/mol. The van der Waals surface area contributed by atoms with Crippen LogP contribution in [0.15, 0.2) is 80.9 Å². The van der Waals surface area contributed by atoms with Gasteiger partial charge in [-0.3, -0.25) is 0 Å². The lowest BCUT2D eigenvalue weighted by atomic mass is 9.53. The predicted octanol–water partition coefficient (Wildman–Crippen LogP) is 6.87. The van der Waals surface area contributed by atoms with E-state index in [9.17, 15) is 21.9 Å². The van der Waals surface area contributed by atoms with E-state index in [0.29, 0.717) is 24.0 Å². The molecule has 0 spiro atoms. The Kier molecular flexibility index (Phi) is 8.61. The van der Waals surface area contributed by atoms with E-state index in [2.05, 4.69) is 11.3 Å². The summed E-state index contributed by atoms with van der Waals surface area (Å²) >= 11 is 0. The molecular weight excluding hydrogens is 623 g/mol. The second-order valence-electron chi connectivity index (χ2n) is 13.5. The third-order valence-corrected chi connectivity index (χ3v) is 13.4. The number of aryl methyl sites for hydroxylation is 3. The second kappa shape index (κ2) is 12.1. The molecule has 3 aliphatic rings. The minimum absolute atomic E-state index is 0.0447. The van der Waals surface area contributed by atoms with Gasteiger partial charge in [-0.2, -0.15) is 16.8 Å². The van der Waals surface area contributed by atoms with Gasteiger partial charge >= 0.3 is 10.1 Å². The molecule has 0 bridgehead atoms. The van der Waals surface area contributed by atoms with Crippen molar-refractivity contribution in [2.24, 2.45) is 21.6 Å². The van der Waals surface area contributed by atoms with Crippen molar-refractivity contribution in [2.45, 2.75) is 94.0 Å². The van der Waals surface area contributed by atoms with Gasteiger partial charge in [-0.05, 0) is 130 Å². The zero-order valence-electron chi connectivity index (χ0n) is 26.9. The van der Waals surface area contributed by atoms with Crippen molar-refractivity contribution in [3.8, 4) is 5.75 Å². The van der Waals surface area contributed by atoms with Crippen molar-refractivity contribution in [1.82, 2.24) is 0 Å². The summed E-state index contributed by atoms with van der Waals surface area (Å²) in [5, 5.41) is 12.3. The molecular formula is C36H43NO7S2. The van der Waals surface area contributed by atoms with Crippen LogP contribution in [0, 0.1) is 31.1 Å². The van der Waals surface area contributed by atoms with E-state index in [4.69, 9.17) is 8.92 Å². The quantitative estimate of drug-likeness (QED) is 0.158. The van der Waals surface area contributed by atoms with Crippen LogP contribution in [0.1, 0.15) is 80.5 Å². The van der Waals surface area contributed by atoms with Crippen LogP contribution >= 0.6 is 0 Å². The molecule has 10 heteroatoms. The molecule has 3 aliphatic carbocycles. The molecule has 0 saturated heterocycles. The highest BCUT2D eigenvalue weighted by Crippen LogP contribution is 2.65. The van der Waals surface area contributed by atoms with Gasteiger partial charge in [0.15, 0.2) is 0 Å². The van der Waals surface area contributed by atoms with Crippen LogP contribution < -0.4 is 4.18 Å². The average Bonchev–Trinajstić information content (AvgIpc) is 3.26. The van der Waals surface area contributed by atoms with E-state index in [-0.39, 0.29) is 34.6 Å². The van der Waals surface area contributed by atoms with E-state index in [1.54, 1.807) is 61.5 Å². The second-order valence-corrected chi connectivity index (χ2v) is 16.7. The number of sulfonamides is 1. The van der Waals surface area contributed by atoms with Gasteiger partial charge in [-0.25, -0.2) is 0 Å². The number of rotatable bonds is 8. The van der Waals surface area contributed by atoms with Crippen LogP contribution in [0.3, 0.4) is 0 Å². The first kappa shape index (κ1) is 32.7. The number of aliphatic hydroxyl groups is 1. The van der Waals surface area contributed by atoms with Crippen molar-refractivity contribution >= 4 is 26.0 Å². The molecule has 0 amide bonds. The fourth-order valence-electron chi connectivity index (χ4n) is 8.31. The first-order valence-corrected chi connectivity index (χ1v) is 19.0. The number of ether oxygens (including phenoxy) is 1. The third-order valence-electron chi connectivity index (χ3n) is 10.8. The fraction of sp³-hybridized carbons (Fsp3) is 0.472. The van der Waals surface area contributed by atoms with Crippen molar-refractivity contribution in [1.29, 1.82) is 0 Å². The van der Waals surface area contributed by atoms with E-state index in [0.717, 1.165) is 48.8 Å². The normalized spacial score (nSPS) is 27.8. The van der Waals surface area contributed by atoms with E-state index < -0.39 is 31.2 Å². The van der Waals surface area contributed by atoms with Crippen LogP contribution in [0.25, 0.3) is 0 Å². The minimum atomic E-state index is -4.00.